The lowest BCUT2D eigenvalue weighted by atomic mass is 9.86. The lowest BCUT2D eigenvalue weighted by molar-refractivity contribution is 0.0992. The van der Waals surface area contributed by atoms with E-state index in [-0.39, 0.29) is 29.4 Å². The highest BCUT2D eigenvalue weighted by Gasteiger charge is 2.41. The van der Waals surface area contributed by atoms with Gasteiger partial charge in [-0.2, -0.15) is 0 Å². The first-order valence-electron chi connectivity index (χ1n) is 8.72. The van der Waals surface area contributed by atoms with Crippen LogP contribution in [0.3, 0.4) is 0 Å². The van der Waals surface area contributed by atoms with Gasteiger partial charge in [0.1, 0.15) is 0 Å². The smallest absolute Gasteiger partial charge is 0.191 e. The van der Waals surface area contributed by atoms with Crippen molar-refractivity contribution in [2.24, 2.45) is 10.4 Å². The number of hydrogen-bond donors (Lipinski definition) is 2. The summed E-state index contributed by atoms with van der Waals surface area (Å²) in [4.78, 5) is 4.38. The molecule has 0 saturated carbocycles. The SMILES string of the molecule is CN=C(NCC(C)(C)Cc1ccccc1)NC1CC2CCC1O2.I. The van der Waals surface area contributed by atoms with E-state index in [1.807, 2.05) is 7.05 Å². The van der Waals surface area contributed by atoms with E-state index in [0.29, 0.717) is 18.2 Å². The summed E-state index contributed by atoms with van der Waals surface area (Å²) in [5, 5.41) is 7.05. The van der Waals surface area contributed by atoms with Crippen molar-refractivity contribution in [3.8, 4) is 0 Å². The molecule has 3 atom stereocenters. The van der Waals surface area contributed by atoms with Crippen LogP contribution in [0, 0.1) is 5.41 Å². The molecule has 2 aliphatic rings. The number of hydrogen-bond acceptors (Lipinski definition) is 2. The Balaban J connectivity index is 0.00000208. The number of aliphatic imine (C=N–C) groups is 1. The van der Waals surface area contributed by atoms with Crippen LogP contribution in [0.2, 0.25) is 0 Å². The zero-order valence-corrected chi connectivity index (χ0v) is 17.2. The summed E-state index contributed by atoms with van der Waals surface area (Å²) in [5.74, 6) is 0.896. The van der Waals surface area contributed by atoms with E-state index in [2.05, 4.69) is 59.8 Å². The predicted octanol–water partition coefficient (Wildman–Crippen LogP) is 3.36. The van der Waals surface area contributed by atoms with E-state index < -0.39 is 0 Å². The Morgan fingerprint density at radius 3 is 2.58 bits per heavy atom. The fraction of sp³-hybridized carbons (Fsp3) is 0.632. The highest BCUT2D eigenvalue weighted by Crippen LogP contribution is 2.34. The third-order valence-corrected chi connectivity index (χ3v) is 4.91. The maximum Gasteiger partial charge on any atom is 0.191 e. The van der Waals surface area contributed by atoms with Gasteiger partial charge in [0.15, 0.2) is 5.96 Å². The summed E-state index contributed by atoms with van der Waals surface area (Å²) in [6.07, 6.45) is 5.40. The number of fused-ring (bicyclic) bond motifs is 2. The Morgan fingerprint density at radius 1 is 1.25 bits per heavy atom. The van der Waals surface area contributed by atoms with E-state index in [9.17, 15) is 0 Å². The van der Waals surface area contributed by atoms with E-state index in [1.54, 1.807) is 0 Å². The Kier molecular flexibility index (Phi) is 6.92. The standard InChI is InChI=1S/C19H29N3O.HI/c1-19(2,12-14-7-5-4-6-8-14)13-21-18(20-3)22-16-11-15-9-10-17(16)23-15;/h4-8,15-17H,9-13H2,1-3H3,(H2,20,21,22);1H. The molecule has 5 heteroatoms. The zero-order chi connectivity index (χ0) is 16.3. The van der Waals surface area contributed by atoms with Crippen LogP contribution in [0.5, 0.6) is 0 Å². The number of ether oxygens (including phenoxy) is 1. The Hall–Kier alpha value is -0.820. The van der Waals surface area contributed by atoms with Gasteiger partial charge in [-0.15, -0.1) is 24.0 Å². The lowest BCUT2D eigenvalue weighted by Gasteiger charge is -2.28. The maximum absolute atomic E-state index is 5.91. The molecule has 2 N–H and O–H groups in total. The molecule has 2 heterocycles. The van der Waals surface area contributed by atoms with Gasteiger partial charge in [0, 0.05) is 13.6 Å². The van der Waals surface area contributed by atoms with Crippen LogP contribution in [-0.2, 0) is 11.2 Å². The molecule has 0 amide bonds. The minimum absolute atomic E-state index is 0. The molecule has 4 nitrogen and oxygen atoms in total. The molecule has 0 aliphatic carbocycles. The van der Waals surface area contributed by atoms with Gasteiger partial charge < -0.3 is 15.4 Å². The van der Waals surface area contributed by atoms with Crippen molar-refractivity contribution >= 4 is 29.9 Å². The van der Waals surface area contributed by atoms with E-state index in [0.717, 1.165) is 25.3 Å². The number of benzene rings is 1. The van der Waals surface area contributed by atoms with Crippen molar-refractivity contribution < 1.29 is 4.74 Å². The fourth-order valence-corrected chi connectivity index (χ4v) is 3.69. The van der Waals surface area contributed by atoms with Gasteiger partial charge in [0.25, 0.3) is 0 Å². The van der Waals surface area contributed by atoms with Crippen LogP contribution in [0.4, 0.5) is 0 Å². The molecule has 2 aliphatic heterocycles. The molecular weight excluding hydrogens is 413 g/mol. The summed E-state index contributed by atoms with van der Waals surface area (Å²) < 4.78 is 5.91. The average Bonchev–Trinajstić information content (AvgIpc) is 3.14. The molecule has 1 aromatic rings. The Labute approximate surface area is 162 Å². The molecule has 2 fully saturated rings. The summed E-state index contributed by atoms with van der Waals surface area (Å²) in [7, 11) is 1.84. The highest BCUT2D eigenvalue weighted by atomic mass is 127. The first-order valence-corrected chi connectivity index (χ1v) is 8.72. The van der Waals surface area contributed by atoms with Crippen LogP contribution < -0.4 is 10.6 Å². The quantitative estimate of drug-likeness (QED) is 0.417. The molecule has 2 saturated heterocycles. The van der Waals surface area contributed by atoms with E-state index >= 15 is 0 Å². The molecule has 24 heavy (non-hydrogen) atoms. The maximum atomic E-state index is 5.91. The second-order valence-electron chi connectivity index (χ2n) is 7.61. The number of halogens is 1. The van der Waals surface area contributed by atoms with Crippen LogP contribution >= 0.6 is 24.0 Å². The number of nitrogens with zero attached hydrogens (tertiary/aromatic N) is 1. The van der Waals surface area contributed by atoms with Crippen LogP contribution in [0.25, 0.3) is 0 Å². The van der Waals surface area contributed by atoms with E-state index in [4.69, 9.17) is 4.74 Å². The van der Waals surface area contributed by atoms with Gasteiger partial charge in [-0.3, -0.25) is 4.99 Å². The molecule has 2 bridgehead atoms. The fourth-order valence-electron chi connectivity index (χ4n) is 3.69. The third-order valence-electron chi connectivity index (χ3n) is 4.91. The predicted molar refractivity (Wildman–Crippen MR) is 110 cm³/mol. The van der Waals surface area contributed by atoms with Crippen molar-refractivity contribution in [3.05, 3.63) is 35.9 Å². The Bertz CT molecular complexity index is 547. The summed E-state index contributed by atoms with van der Waals surface area (Å²) in [6.45, 7) is 5.48. The Morgan fingerprint density at radius 2 is 2.00 bits per heavy atom. The van der Waals surface area contributed by atoms with Crippen LogP contribution in [0.1, 0.15) is 38.7 Å². The summed E-state index contributed by atoms with van der Waals surface area (Å²) in [5.41, 5.74) is 1.55. The second-order valence-corrected chi connectivity index (χ2v) is 7.61. The second kappa shape index (κ2) is 8.52. The average molecular weight is 443 g/mol. The first kappa shape index (κ1) is 19.5. The first-order chi connectivity index (χ1) is 11.1. The van der Waals surface area contributed by atoms with Gasteiger partial charge in [-0.25, -0.2) is 0 Å². The van der Waals surface area contributed by atoms with Gasteiger partial charge in [0.2, 0.25) is 0 Å². The summed E-state index contributed by atoms with van der Waals surface area (Å²) >= 11 is 0. The zero-order valence-electron chi connectivity index (χ0n) is 14.9. The number of guanidine groups is 1. The number of rotatable bonds is 5. The molecule has 0 aromatic heterocycles. The normalized spacial score (nSPS) is 26.1. The molecule has 3 rings (SSSR count). The van der Waals surface area contributed by atoms with Crippen molar-refractivity contribution in [1.29, 1.82) is 0 Å². The van der Waals surface area contributed by atoms with Crippen molar-refractivity contribution in [2.75, 3.05) is 13.6 Å². The topological polar surface area (TPSA) is 45.7 Å². The molecule has 0 radical (unpaired) electrons. The van der Waals surface area contributed by atoms with Gasteiger partial charge >= 0.3 is 0 Å². The van der Waals surface area contributed by atoms with Gasteiger partial charge in [-0.05, 0) is 36.7 Å². The van der Waals surface area contributed by atoms with Gasteiger partial charge in [-0.1, -0.05) is 44.2 Å². The lowest BCUT2D eigenvalue weighted by Crippen LogP contribution is -2.49. The summed E-state index contributed by atoms with van der Waals surface area (Å²) in [6, 6.07) is 11.1. The molecule has 134 valence electrons. The van der Waals surface area contributed by atoms with Crippen LogP contribution in [0.15, 0.2) is 35.3 Å². The van der Waals surface area contributed by atoms with Crippen molar-refractivity contribution in [3.63, 3.8) is 0 Å². The third kappa shape index (κ3) is 5.09. The molecular formula is C19H30IN3O. The van der Waals surface area contributed by atoms with E-state index in [1.165, 1.54) is 18.4 Å². The minimum Gasteiger partial charge on any atom is -0.373 e. The van der Waals surface area contributed by atoms with Crippen molar-refractivity contribution in [1.82, 2.24) is 10.6 Å². The minimum atomic E-state index is 0. The molecule has 0 spiro atoms. The van der Waals surface area contributed by atoms with Crippen molar-refractivity contribution in [2.45, 2.75) is 57.8 Å². The van der Waals surface area contributed by atoms with Gasteiger partial charge in [0.05, 0.1) is 18.2 Å². The molecule has 3 unspecified atom stereocenters. The molecule has 1 aromatic carbocycles. The highest BCUT2D eigenvalue weighted by molar-refractivity contribution is 14.0. The van der Waals surface area contributed by atoms with Crippen LogP contribution in [-0.4, -0.2) is 37.8 Å². The number of nitrogens with one attached hydrogen (secondary N) is 2. The monoisotopic (exact) mass is 443 g/mol. The largest absolute Gasteiger partial charge is 0.373 e.